The number of imidazole rings is 1. The third-order valence-electron chi connectivity index (χ3n) is 7.89. The maximum atomic E-state index is 15.0. The Morgan fingerprint density at radius 2 is 1.91 bits per heavy atom. The van der Waals surface area contributed by atoms with Gasteiger partial charge < -0.3 is 23.9 Å². The molecule has 0 saturated carbocycles. The highest BCUT2D eigenvalue weighted by molar-refractivity contribution is 5.80. The minimum absolute atomic E-state index is 0.0216. The number of carboxylic acids is 1. The minimum Gasteiger partial charge on any atom is -0.484 e. The van der Waals surface area contributed by atoms with Crippen LogP contribution >= 0.6 is 0 Å². The Balaban J connectivity index is 1.07. The molecule has 1 N–H and O–H groups in total. The number of nitriles is 1. The molecule has 2 aliphatic rings. The Morgan fingerprint density at radius 1 is 1.09 bits per heavy atom. The first-order chi connectivity index (χ1) is 21.3. The minimum atomic E-state index is -1.02. The van der Waals surface area contributed by atoms with Crippen LogP contribution in [0.2, 0.25) is 0 Å². The summed E-state index contributed by atoms with van der Waals surface area (Å²) in [5, 5.41) is 18.1. The van der Waals surface area contributed by atoms with E-state index in [1.165, 1.54) is 18.2 Å². The highest BCUT2D eigenvalue weighted by atomic mass is 19.1. The largest absolute Gasteiger partial charge is 0.484 e. The van der Waals surface area contributed by atoms with Gasteiger partial charge in [-0.3, -0.25) is 9.69 Å². The highest BCUT2D eigenvalue weighted by Gasteiger charge is 2.26. The van der Waals surface area contributed by atoms with Crippen LogP contribution in [0.4, 0.5) is 8.78 Å². The van der Waals surface area contributed by atoms with Gasteiger partial charge in [-0.05, 0) is 61.2 Å². The van der Waals surface area contributed by atoms with Gasteiger partial charge in [0.25, 0.3) is 0 Å². The van der Waals surface area contributed by atoms with Crippen molar-refractivity contribution in [3.8, 4) is 17.7 Å². The Hall–Kier alpha value is -4.60. The first kappa shape index (κ1) is 29.5. The number of fused-ring (bicyclic) bond motifs is 1. The Labute approximate surface area is 252 Å². The predicted molar refractivity (Wildman–Crippen MR) is 154 cm³/mol. The van der Waals surface area contributed by atoms with Crippen molar-refractivity contribution in [2.24, 2.45) is 0 Å². The fraction of sp³-hybridized carbons (Fsp3) is 0.375. The molecule has 2 fully saturated rings. The lowest BCUT2D eigenvalue weighted by molar-refractivity contribution is -0.136. The first-order valence-electron chi connectivity index (χ1n) is 14.5. The van der Waals surface area contributed by atoms with E-state index in [1.807, 2.05) is 16.7 Å². The van der Waals surface area contributed by atoms with E-state index in [9.17, 15) is 18.7 Å². The number of piperidine rings is 1. The summed E-state index contributed by atoms with van der Waals surface area (Å²) >= 11 is 0. The van der Waals surface area contributed by atoms with Crippen LogP contribution in [0.15, 0.2) is 48.5 Å². The molecule has 2 aromatic heterocycles. The molecule has 228 valence electrons. The zero-order chi connectivity index (χ0) is 30.6. The van der Waals surface area contributed by atoms with Gasteiger partial charge in [0.15, 0.2) is 17.4 Å². The third kappa shape index (κ3) is 6.79. The molecule has 0 spiro atoms. The number of benzene rings is 2. The number of likely N-dealkylation sites (tertiary alicyclic amines) is 1. The Morgan fingerprint density at radius 3 is 2.61 bits per heavy atom. The van der Waals surface area contributed by atoms with Gasteiger partial charge in [0.1, 0.15) is 24.1 Å². The van der Waals surface area contributed by atoms with Crippen LogP contribution in [0.5, 0.6) is 11.6 Å². The number of pyridine rings is 1. The average molecular weight is 604 g/mol. The zero-order valence-corrected chi connectivity index (χ0v) is 23.9. The monoisotopic (exact) mass is 603 g/mol. The van der Waals surface area contributed by atoms with Crippen molar-refractivity contribution < 1.29 is 32.9 Å². The van der Waals surface area contributed by atoms with Crippen LogP contribution in [0, 0.1) is 23.0 Å². The van der Waals surface area contributed by atoms with Gasteiger partial charge in [-0.25, -0.2) is 18.7 Å². The second-order valence-corrected chi connectivity index (χ2v) is 11.0. The molecule has 0 unspecified atom stereocenters. The first-order valence-corrected chi connectivity index (χ1v) is 14.5. The third-order valence-corrected chi connectivity index (χ3v) is 7.89. The van der Waals surface area contributed by atoms with Crippen molar-refractivity contribution in [1.29, 1.82) is 5.26 Å². The summed E-state index contributed by atoms with van der Waals surface area (Å²) in [4.78, 5) is 22.7. The maximum Gasteiger partial charge on any atom is 0.307 e. The predicted octanol–water partition coefficient (Wildman–Crippen LogP) is 4.62. The Bertz CT molecular complexity index is 1710. The van der Waals surface area contributed by atoms with Gasteiger partial charge in [-0.1, -0.05) is 6.07 Å². The van der Waals surface area contributed by atoms with E-state index in [2.05, 4.69) is 14.9 Å². The van der Waals surface area contributed by atoms with Crippen molar-refractivity contribution >= 4 is 17.0 Å². The summed E-state index contributed by atoms with van der Waals surface area (Å²) in [7, 11) is 0. The van der Waals surface area contributed by atoms with Gasteiger partial charge in [0, 0.05) is 25.8 Å². The van der Waals surface area contributed by atoms with Gasteiger partial charge in [0.2, 0.25) is 5.88 Å². The van der Waals surface area contributed by atoms with E-state index in [4.69, 9.17) is 19.5 Å². The van der Waals surface area contributed by atoms with Crippen molar-refractivity contribution in [2.45, 2.75) is 57.6 Å². The molecule has 2 saturated heterocycles. The van der Waals surface area contributed by atoms with E-state index in [1.54, 1.807) is 18.2 Å². The van der Waals surface area contributed by atoms with Crippen LogP contribution in [-0.2, 0) is 35.6 Å². The standard InChI is InChI=1S/C32H31F2N5O5/c33-25-12-20(16-35)4-5-28(25)43-19-22-2-1-3-30(36-22)44-23-6-9-38(10-7-23)18-29-37-32-26(34)13-21(15-31(40)41)14-27(32)39(29)17-24-8-11-42-24/h1-5,12-14,23-24H,6-11,15,17-19H2,(H,40,41)/t24-/m0/s1. The lowest BCUT2D eigenvalue weighted by atomic mass is 10.1. The maximum absolute atomic E-state index is 15.0. The number of carbonyl (C=O) groups is 1. The molecule has 2 aromatic carbocycles. The normalized spacial score (nSPS) is 17.2. The van der Waals surface area contributed by atoms with Crippen LogP contribution in [-0.4, -0.2) is 62.4 Å². The summed E-state index contributed by atoms with van der Waals surface area (Å²) < 4.78 is 48.5. The molecule has 44 heavy (non-hydrogen) atoms. The summed E-state index contributed by atoms with van der Waals surface area (Å²) in [5.41, 5.74) is 2.02. The lowest BCUT2D eigenvalue weighted by Crippen LogP contribution is -2.39. The number of hydrogen-bond donors (Lipinski definition) is 1. The van der Waals surface area contributed by atoms with E-state index >= 15 is 0 Å². The average Bonchev–Trinajstić information content (AvgIpc) is 3.32. The second kappa shape index (κ2) is 13.0. The van der Waals surface area contributed by atoms with Crippen LogP contribution in [0.1, 0.15) is 41.9 Å². The van der Waals surface area contributed by atoms with Crippen LogP contribution in [0.3, 0.4) is 0 Å². The molecule has 0 aliphatic carbocycles. The molecule has 12 heteroatoms. The highest BCUT2D eigenvalue weighted by Crippen LogP contribution is 2.27. The zero-order valence-electron chi connectivity index (χ0n) is 23.9. The molecule has 0 amide bonds. The van der Waals surface area contributed by atoms with Crippen molar-refractivity contribution in [1.82, 2.24) is 19.4 Å². The van der Waals surface area contributed by atoms with Crippen molar-refractivity contribution in [3.63, 3.8) is 0 Å². The van der Waals surface area contributed by atoms with Crippen molar-refractivity contribution in [2.75, 3.05) is 19.7 Å². The van der Waals surface area contributed by atoms with E-state index < -0.39 is 17.6 Å². The number of halogens is 2. The van der Waals surface area contributed by atoms with Crippen molar-refractivity contribution in [3.05, 3.63) is 82.8 Å². The van der Waals surface area contributed by atoms with Gasteiger partial charge in [0.05, 0.1) is 48.5 Å². The number of aliphatic carboxylic acids is 1. The van der Waals surface area contributed by atoms with Gasteiger partial charge in [-0.15, -0.1) is 0 Å². The van der Waals surface area contributed by atoms with Gasteiger partial charge >= 0.3 is 5.97 Å². The second-order valence-electron chi connectivity index (χ2n) is 11.0. The fourth-order valence-electron chi connectivity index (χ4n) is 5.52. The molecule has 1 atom stereocenters. The molecule has 0 bridgehead atoms. The molecule has 6 rings (SSSR count). The van der Waals surface area contributed by atoms with E-state index in [-0.39, 0.29) is 42.1 Å². The summed E-state index contributed by atoms with van der Waals surface area (Å²) in [6, 6.07) is 14.3. The lowest BCUT2D eigenvalue weighted by Gasteiger charge is -2.32. The topological polar surface area (TPSA) is 123 Å². The molecular formula is C32H31F2N5O5. The fourth-order valence-corrected chi connectivity index (χ4v) is 5.52. The number of nitrogens with zero attached hydrogens (tertiary/aromatic N) is 5. The molecule has 4 aromatic rings. The van der Waals surface area contributed by atoms with Crippen LogP contribution in [0.25, 0.3) is 11.0 Å². The number of ether oxygens (including phenoxy) is 3. The number of hydrogen-bond acceptors (Lipinski definition) is 8. The summed E-state index contributed by atoms with van der Waals surface area (Å²) in [5.74, 6) is -0.933. The van der Waals surface area contributed by atoms with Gasteiger partial charge in [-0.2, -0.15) is 5.26 Å². The smallest absolute Gasteiger partial charge is 0.307 e. The Kier molecular flexibility index (Phi) is 8.67. The molecule has 10 nitrogen and oxygen atoms in total. The SMILES string of the molecule is N#Cc1ccc(OCc2cccc(OC3CCN(Cc4nc5c(F)cc(CC(=O)O)cc5n4C[C@@H]4CCO4)CC3)n2)c(F)c1. The molecular weight excluding hydrogens is 572 g/mol. The number of carboxylic acid groups (broad SMARTS) is 1. The van der Waals surface area contributed by atoms with E-state index in [0.717, 1.165) is 38.4 Å². The quantitative estimate of drug-likeness (QED) is 0.262. The van der Waals surface area contributed by atoms with E-state index in [0.29, 0.717) is 48.2 Å². The number of rotatable bonds is 11. The summed E-state index contributed by atoms with van der Waals surface area (Å²) in [6.07, 6.45) is 2.12. The molecule has 2 aliphatic heterocycles. The molecule has 4 heterocycles. The summed E-state index contributed by atoms with van der Waals surface area (Å²) in [6.45, 7) is 3.26. The number of aromatic nitrogens is 3. The van der Waals surface area contributed by atoms with Crippen LogP contribution < -0.4 is 9.47 Å². The molecule has 0 radical (unpaired) electrons.